The van der Waals surface area contributed by atoms with Crippen molar-refractivity contribution in [3.63, 3.8) is 0 Å². The SMILES string of the molecule is O=C(NCc1nc(C2CCCCC2)no1)N1CCN(Cc2ccco2)CC1. The summed E-state index contributed by atoms with van der Waals surface area (Å²) >= 11 is 0. The van der Waals surface area contributed by atoms with Crippen LogP contribution >= 0.6 is 0 Å². The van der Waals surface area contributed by atoms with Crippen molar-refractivity contribution in [2.24, 2.45) is 0 Å². The fraction of sp³-hybridized carbons (Fsp3) is 0.632. The predicted molar refractivity (Wildman–Crippen MR) is 97.9 cm³/mol. The number of furan rings is 1. The largest absolute Gasteiger partial charge is 0.468 e. The number of carbonyl (C=O) groups is 1. The smallest absolute Gasteiger partial charge is 0.317 e. The molecule has 1 saturated carbocycles. The van der Waals surface area contributed by atoms with E-state index < -0.39 is 0 Å². The van der Waals surface area contributed by atoms with Crippen molar-refractivity contribution in [1.29, 1.82) is 0 Å². The lowest BCUT2D eigenvalue weighted by Gasteiger charge is -2.34. The molecule has 2 amide bonds. The normalized spacial score (nSPS) is 19.3. The van der Waals surface area contributed by atoms with Crippen LogP contribution in [0.4, 0.5) is 4.79 Å². The molecule has 2 fully saturated rings. The molecule has 0 spiro atoms. The van der Waals surface area contributed by atoms with Gasteiger partial charge in [0.15, 0.2) is 5.82 Å². The highest BCUT2D eigenvalue weighted by Crippen LogP contribution is 2.30. The van der Waals surface area contributed by atoms with Gasteiger partial charge in [-0.25, -0.2) is 4.79 Å². The van der Waals surface area contributed by atoms with Gasteiger partial charge in [-0.1, -0.05) is 24.4 Å². The van der Waals surface area contributed by atoms with Crippen LogP contribution in [0.1, 0.15) is 55.5 Å². The van der Waals surface area contributed by atoms with E-state index in [1.807, 2.05) is 17.0 Å². The molecule has 4 rings (SSSR count). The molecule has 0 bridgehead atoms. The van der Waals surface area contributed by atoms with Gasteiger partial charge in [0.2, 0.25) is 5.89 Å². The zero-order chi connectivity index (χ0) is 18.5. The Labute approximate surface area is 158 Å². The van der Waals surface area contributed by atoms with Gasteiger partial charge in [0.1, 0.15) is 5.76 Å². The Kier molecular flexibility index (Phi) is 5.72. The number of urea groups is 1. The first-order valence-corrected chi connectivity index (χ1v) is 9.88. The number of hydrogen-bond donors (Lipinski definition) is 1. The second-order valence-electron chi connectivity index (χ2n) is 7.38. The summed E-state index contributed by atoms with van der Waals surface area (Å²) in [6.07, 6.45) is 7.72. The number of rotatable bonds is 5. The molecule has 1 aliphatic carbocycles. The van der Waals surface area contributed by atoms with E-state index in [0.717, 1.165) is 44.1 Å². The summed E-state index contributed by atoms with van der Waals surface area (Å²) in [5, 5.41) is 7.01. The van der Waals surface area contributed by atoms with E-state index in [2.05, 4.69) is 20.4 Å². The third kappa shape index (κ3) is 4.68. The monoisotopic (exact) mass is 373 g/mol. The first-order chi connectivity index (χ1) is 13.3. The van der Waals surface area contributed by atoms with E-state index in [1.54, 1.807) is 6.26 Å². The molecule has 0 radical (unpaired) electrons. The molecular formula is C19H27N5O3. The molecule has 2 aromatic heterocycles. The summed E-state index contributed by atoms with van der Waals surface area (Å²) in [4.78, 5) is 21.0. The van der Waals surface area contributed by atoms with Crippen molar-refractivity contribution in [3.05, 3.63) is 35.9 Å². The zero-order valence-corrected chi connectivity index (χ0v) is 15.6. The number of carbonyl (C=O) groups excluding carboxylic acids is 1. The van der Waals surface area contributed by atoms with Gasteiger partial charge >= 0.3 is 6.03 Å². The van der Waals surface area contributed by atoms with Crippen molar-refractivity contribution in [2.45, 2.75) is 51.1 Å². The number of amides is 2. The van der Waals surface area contributed by atoms with Crippen LogP contribution in [0, 0.1) is 0 Å². The number of piperazine rings is 1. The van der Waals surface area contributed by atoms with Crippen LogP contribution in [0.5, 0.6) is 0 Å². The molecule has 1 aliphatic heterocycles. The van der Waals surface area contributed by atoms with Crippen LogP contribution in [0.25, 0.3) is 0 Å². The van der Waals surface area contributed by atoms with Gasteiger partial charge in [-0.2, -0.15) is 4.98 Å². The third-order valence-electron chi connectivity index (χ3n) is 5.46. The van der Waals surface area contributed by atoms with Crippen LogP contribution in [0.2, 0.25) is 0 Å². The number of nitrogens with one attached hydrogen (secondary N) is 1. The summed E-state index contributed by atoms with van der Waals surface area (Å²) in [6, 6.07) is 3.80. The highest BCUT2D eigenvalue weighted by molar-refractivity contribution is 5.74. The minimum absolute atomic E-state index is 0.0786. The van der Waals surface area contributed by atoms with Crippen molar-refractivity contribution >= 4 is 6.03 Å². The van der Waals surface area contributed by atoms with Crippen LogP contribution in [-0.4, -0.2) is 52.2 Å². The Hall–Kier alpha value is -2.35. The van der Waals surface area contributed by atoms with E-state index in [4.69, 9.17) is 8.94 Å². The first kappa shape index (κ1) is 18.0. The van der Waals surface area contributed by atoms with E-state index in [9.17, 15) is 4.79 Å². The molecule has 146 valence electrons. The predicted octanol–water partition coefficient (Wildman–Crippen LogP) is 2.74. The number of hydrogen-bond acceptors (Lipinski definition) is 6. The molecule has 1 saturated heterocycles. The van der Waals surface area contributed by atoms with Crippen molar-refractivity contribution in [2.75, 3.05) is 26.2 Å². The zero-order valence-electron chi connectivity index (χ0n) is 15.6. The second-order valence-corrected chi connectivity index (χ2v) is 7.38. The molecule has 1 N–H and O–H groups in total. The molecule has 3 heterocycles. The summed E-state index contributed by atoms with van der Waals surface area (Å²) in [5.74, 6) is 2.65. The lowest BCUT2D eigenvalue weighted by molar-refractivity contribution is 0.129. The molecule has 2 aliphatic rings. The van der Waals surface area contributed by atoms with E-state index >= 15 is 0 Å². The maximum atomic E-state index is 12.4. The highest BCUT2D eigenvalue weighted by Gasteiger charge is 2.23. The minimum atomic E-state index is -0.0786. The van der Waals surface area contributed by atoms with E-state index in [-0.39, 0.29) is 12.6 Å². The number of nitrogens with zero attached hydrogens (tertiary/aromatic N) is 4. The minimum Gasteiger partial charge on any atom is -0.468 e. The van der Waals surface area contributed by atoms with Crippen molar-refractivity contribution in [1.82, 2.24) is 25.3 Å². The summed E-state index contributed by atoms with van der Waals surface area (Å²) in [5.41, 5.74) is 0. The Balaban J connectivity index is 1.20. The van der Waals surface area contributed by atoms with Gasteiger partial charge < -0.3 is 19.2 Å². The topological polar surface area (TPSA) is 87.6 Å². The Morgan fingerprint density at radius 3 is 2.74 bits per heavy atom. The standard InChI is InChI=1S/C19H27N5O3/c25-19(24-10-8-23(9-11-24)14-16-7-4-12-26-16)20-13-17-21-18(22-27-17)15-5-2-1-3-6-15/h4,7,12,15H,1-3,5-6,8-11,13-14H2,(H,20,25). The van der Waals surface area contributed by atoms with Crippen LogP contribution in [0.3, 0.4) is 0 Å². The quantitative estimate of drug-likeness (QED) is 0.867. The average Bonchev–Trinajstić information content (AvgIpc) is 3.39. The molecule has 8 nitrogen and oxygen atoms in total. The summed E-state index contributed by atoms with van der Waals surface area (Å²) < 4.78 is 10.7. The summed E-state index contributed by atoms with van der Waals surface area (Å²) in [6.45, 7) is 4.13. The lowest BCUT2D eigenvalue weighted by atomic mass is 9.89. The Morgan fingerprint density at radius 2 is 2.00 bits per heavy atom. The van der Waals surface area contributed by atoms with Gasteiger partial charge in [-0.3, -0.25) is 4.90 Å². The summed E-state index contributed by atoms with van der Waals surface area (Å²) in [7, 11) is 0. The van der Waals surface area contributed by atoms with Gasteiger partial charge in [-0.15, -0.1) is 0 Å². The van der Waals surface area contributed by atoms with Crippen LogP contribution < -0.4 is 5.32 Å². The fourth-order valence-electron chi connectivity index (χ4n) is 3.86. The fourth-order valence-corrected chi connectivity index (χ4v) is 3.86. The second kappa shape index (κ2) is 8.56. The van der Waals surface area contributed by atoms with Gasteiger partial charge in [-0.05, 0) is 25.0 Å². The maximum Gasteiger partial charge on any atom is 0.317 e. The number of aromatic nitrogens is 2. The van der Waals surface area contributed by atoms with Gasteiger partial charge in [0.25, 0.3) is 0 Å². The van der Waals surface area contributed by atoms with E-state index in [0.29, 0.717) is 24.9 Å². The van der Waals surface area contributed by atoms with Crippen molar-refractivity contribution in [3.8, 4) is 0 Å². The van der Waals surface area contributed by atoms with Gasteiger partial charge in [0, 0.05) is 32.1 Å². The first-order valence-electron chi connectivity index (χ1n) is 9.88. The Morgan fingerprint density at radius 1 is 1.19 bits per heavy atom. The highest BCUT2D eigenvalue weighted by atomic mass is 16.5. The average molecular weight is 373 g/mol. The molecular weight excluding hydrogens is 346 g/mol. The Bertz CT molecular complexity index is 716. The molecule has 8 heteroatoms. The van der Waals surface area contributed by atoms with Crippen LogP contribution in [0.15, 0.2) is 27.3 Å². The van der Waals surface area contributed by atoms with E-state index in [1.165, 1.54) is 19.3 Å². The molecule has 0 aromatic carbocycles. The van der Waals surface area contributed by atoms with Crippen molar-refractivity contribution < 1.29 is 13.7 Å². The third-order valence-corrected chi connectivity index (χ3v) is 5.46. The molecule has 0 unspecified atom stereocenters. The van der Waals surface area contributed by atoms with Crippen LogP contribution in [-0.2, 0) is 13.1 Å². The molecule has 0 atom stereocenters. The molecule has 2 aromatic rings. The lowest BCUT2D eigenvalue weighted by Crippen LogP contribution is -2.51. The maximum absolute atomic E-state index is 12.4. The van der Waals surface area contributed by atoms with Gasteiger partial charge in [0.05, 0.1) is 19.4 Å². The molecule has 27 heavy (non-hydrogen) atoms.